The van der Waals surface area contributed by atoms with Crippen molar-refractivity contribution in [2.24, 2.45) is 0 Å². The number of amides is 2. The van der Waals surface area contributed by atoms with Crippen molar-refractivity contribution in [1.29, 1.82) is 0 Å². The second-order valence-corrected chi connectivity index (χ2v) is 7.05. The summed E-state index contributed by atoms with van der Waals surface area (Å²) in [5, 5.41) is 8.49. The topological polar surface area (TPSA) is 92.4 Å². The van der Waals surface area contributed by atoms with Gasteiger partial charge < -0.3 is 20.7 Å². The predicted molar refractivity (Wildman–Crippen MR) is 93.6 cm³/mol. The zero-order valence-corrected chi connectivity index (χ0v) is 14.9. The van der Waals surface area contributed by atoms with Gasteiger partial charge in [0.05, 0.1) is 16.8 Å². The van der Waals surface area contributed by atoms with Crippen molar-refractivity contribution in [2.75, 3.05) is 18.4 Å². The second kappa shape index (κ2) is 8.09. The van der Waals surface area contributed by atoms with E-state index >= 15 is 0 Å². The van der Waals surface area contributed by atoms with E-state index in [-0.39, 0.29) is 29.4 Å². The van der Waals surface area contributed by atoms with Gasteiger partial charge in [-0.2, -0.15) is 0 Å². The fraction of sp³-hybridized carbons (Fsp3) is 0.438. The van der Waals surface area contributed by atoms with E-state index in [1.807, 2.05) is 0 Å². The lowest BCUT2D eigenvalue weighted by molar-refractivity contribution is -0.274. The minimum atomic E-state index is -4.78. The number of aromatic nitrogens is 1. The summed E-state index contributed by atoms with van der Waals surface area (Å²) >= 11 is 1.01. The van der Waals surface area contributed by atoms with E-state index in [1.54, 1.807) is 0 Å². The number of halogens is 3. The first-order valence-electron chi connectivity index (χ1n) is 8.25. The molecule has 0 aliphatic carbocycles. The van der Waals surface area contributed by atoms with Crippen molar-refractivity contribution in [3.63, 3.8) is 0 Å². The van der Waals surface area contributed by atoms with Gasteiger partial charge in [0.1, 0.15) is 5.75 Å². The fourth-order valence-corrected chi connectivity index (χ4v) is 3.64. The number of rotatable bonds is 6. The molecule has 1 fully saturated rings. The van der Waals surface area contributed by atoms with E-state index in [0.717, 1.165) is 36.8 Å². The molecule has 0 saturated carbocycles. The molecule has 11 heteroatoms. The van der Waals surface area contributed by atoms with Crippen LogP contribution < -0.4 is 20.7 Å². The summed E-state index contributed by atoms with van der Waals surface area (Å²) in [4.78, 5) is 27.9. The third-order valence-corrected chi connectivity index (χ3v) is 4.81. The molecule has 2 aromatic rings. The highest BCUT2D eigenvalue weighted by Crippen LogP contribution is 2.31. The summed E-state index contributed by atoms with van der Waals surface area (Å²) in [7, 11) is 0. The zero-order chi connectivity index (χ0) is 19.4. The van der Waals surface area contributed by atoms with Crippen LogP contribution in [0.5, 0.6) is 5.75 Å². The van der Waals surface area contributed by atoms with Crippen LogP contribution in [0.3, 0.4) is 0 Å². The maximum absolute atomic E-state index is 12.3. The van der Waals surface area contributed by atoms with Gasteiger partial charge in [-0.15, -0.1) is 13.2 Å². The molecule has 0 radical (unpaired) electrons. The van der Waals surface area contributed by atoms with Gasteiger partial charge in [-0.05, 0) is 31.5 Å². The normalized spacial score (nSPS) is 17.1. The average molecular weight is 402 g/mol. The number of anilines is 1. The molecule has 3 N–H and O–H groups in total. The van der Waals surface area contributed by atoms with E-state index in [1.165, 1.54) is 12.1 Å². The highest BCUT2D eigenvalue weighted by atomic mass is 32.1. The number of benzene rings is 1. The number of carbonyl (C=O) groups excluding carboxylic acids is 2. The van der Waals surface area contributed by atoms with Gasteiger partial charge in [0, 0.05) is 18.5 Å². The molecule has 2 heterocycles. The monoisotopic (exact) mass is 402 g/mol. The van der Waals surface area contributed by atoms with Crippen molar-refractivity contribution < 1.29 is 27.5 Å². The molecule has 0 bridgehead atoms. The fourth-order valence-electron chi connectivity index (χ4n) is 2.72. The Balaban J connectivity index is 1.52. The molecule has 2 amide bonds. The molecule has 1 aromatic carbocycles. The Labute approximate surface area is 156 Å². The van der Waals surface area contributed by atoms with Gasteiger partial charge in [0.25, 0.3) is 0 Å². The number of nitrogens with one attached hydrogen (secondary N) is 3. The lowest BCUT2D eigenvalue weighted by atomic mass is 10.1. The number of fused-ring (bicyclic) bond motifs is 1. The Morgan fingerprint density at radius 3 is 2.85 bits per heavy atom. The first-order valence-corrected chi connectivity index (χ1v) is 9.06. The van der Waals surface area contributed by atoms with Crippen LogP contribution in [0.25, 0.3) is 10.2 Å². The third kappa shape index (κ3) is 5.79. The summed E-state index contributed by atoms with van der Waals surface area (Å²) in [5.74, 6) is -1.04. The van der Waals surface area contributed by atoms with Gasteiger partial charge in [-0.25, -0.2) is 4.98 Å². The summed E-state index contributed by atoms with van der Waals surface area (Å²) in [6.45, 7) is 0.690. The minimum absolute atomic E-state index is 0.144. The van der Waals surface area contributed by atoms with Crippen LogP contribution >= 0.6 is 11.3 Å². The Morgan fingerprint density at radius 1 is 1.33 bits per heavy atom. The predicted octanol–water partition coefficient (Wildman–Crippen LogP) is 2.39. The number of nitrogens with zero attached hydrogens (tertiary/aromatic N) is 1. The molecule has 0 unspecified atom stereocenters. The lowest BCUT2D eigenvalue weighted by Gasteiger charge is -2.10. The Kier molecular flexibility index (Phi) is 5.80. The molecule has 1 saturated heterocycles. The zero-order valence-electron chi connectivity index (χ0n) is 14.1. The molecular formula is C16H17F3N4O3S. The van der Waals surface area contributed by atoms with Crippen LogP contribution in [0, 0.1) is 0 Å². The second-order valence-electron chi connectivity index (χ2n) is 6.02. The van der Waals surface area contributed by atoms with Crippen LogP contribution in [0.15, 0.2) is 18.2 Å². The smallest absolute Gasteiger partial charge is 0.406 e. The van der Waals surface area contributed by atoms with Crippen molar-refractivity contribution >= 4 is 38.5 Å². The van der Waals surface area contributed by atoms with Crippen LogP contribution in [-0.4, -0.2) is 42.3 Å². The Hall–Kier alpha value is -2.40. The molecule has 146 valence electrons. The van der Waals surface area contributed by atoms with Crippen LogP contribution in [-0.2, 0) is 9.59 Å². The quantitative estimate of drug-likeness (QED) is 0.690. The molecular weight excluding hydrogens is 385 g/mol. The molecule has 3 rings (SSSR count). The maximum Gasteiger partial charge on any atom is 0.573 e. The van der Waals surface area contributed by atoms with Crippen molar-refractivity contribution in [3.8, 4) is 5.75 Å². The summed E-state index contributed by atoms with van der Waals surface area (Å²) in [6, 6.07) is 3.87. The standard InChI is InChI=1S/C16H17F3N4O3S/c17-16(18,19)26-10-3-4-11-12(7-10)27-15(22-11)23-14(25)8-21-13(24)6-9-2-1-5-20-9/h3-4,7,9,20H,1-2,5-6,8H2,(H,21,24)(H,22,23,25)/t9-/m1/s1. The molecule has 27 heavy (non-hydrogen) atoms. The van der Waals surface area contributed by atoms with E-state index in [9.17, 15) is 22.8 Å². The van der Waals surface area contributed by atoms with E-state index in [4.69, 9.17) is 0 Å². The maximum atomic E-state index is 12.3. The summed E-state index contributed by atoms with van der Waals surface area (Å²) < 4.78 is 41.1. The van der Waals surface area contributed by atoms with Crippen LogP contribution in [0.4, 0.5) is 18.3 Å². The Bertz CT molecular complexity index is 834. The summed E-state index contributed by atoms with van der Waals surface area (Å²) in [6.07, 6.45) is -2.49. The highest BCUT2D eigenvalue weighted by Gasteiger charge is 2.31. The first kappa shape index (κ1) is 19.4. The summed E-state index contributed by atoms with van der Waals surface area (Å²) in [5.41, 5.74) is 0.432. The van der Waals surface area contributed by atoms with Crippen molar-refractivity contribution in [3.05, 3.63) is 18.2 Å². The number of thiazole rings is 1. The molecule has 7 nitrogen and oxygen atoms in total. The number of ether oxygens (including phenoxy) is 1. The lowest BCUT2D eigenvalue weighted by Crippen LogP contribution is -2.36. The van der Waals surface area contributed by atoms with Crippen molar-refractivity contribution in [2.45, 2.75) is 31.7 Å². The van der Waals surface area contributed by atoms with Gasteiger partial charge in [-0.3, -0.25) is 9.59 Å². The number of hydrogen-bond donors (Lipinski definition) is 3. The Morgan fingerprint density at radius 2 is 2.15 bits per heavy atom. The average Bonchev–Trinajstić information content (AvgIpc) is 3.20. The molecule has 0 spiro atoms. The van der Waals surface area contributed by atoms with Gasteiger partial charge >= 0.3 is 6.36 Å². The van der Waals surface area contributed by atoms with Crippen molar-refractivity contribution in [1.82, 2.24) is 15.6 Å². The number of carbonyl (C=O) groups is 2. The molecule has 1 aromatic heterocycles. The third-order valence-electron chi connectivity index (χ3n) is 3.88. The van der Waals surface area contributed by atoms with Gasteiger partial charge in [0.2, 0.25) is 11.8 Å². The largest absolute Gasteiger partial charge is 0.573 e. The molecule has 1 atom stereocenters. The molecule has 1 aliphatic rings. The van der Waals surface area contributed by atoms with Gasteiger partial charge in [-0.1, -0.05) is 11.3 Å². The van der Waals surface area contributed by atoms with E-state index in [0.29, 0.717) is 16.6 Å². The van der Waals surface area contributed by atoms with E-state index in [2.05, 4.69) is 25.7 Å². The number of alkyl halides is 3. The van der Waals surface area contributed by atoms with E-state index < -0.39 is 12.3 Å². The SMILES string of the molecule is O=C(C[C@H]1CCCN1)NCC(=O)Nc1nc2ccc(OC(F)(F)F)cc2s1. The highest BCUT2D eigenvalue weighted by molar-refractivity contribution is 7.22. The molecule has 1 aliphatic heterocycles. The van der Waals surface area contributed by atoms with Crippen LogP contribution in [0.1, 0.15) is 19.3 Å². The minimum Gasteiger partial charge on any atom is -0.406 e. The van der Waals surface area contributed by atoms with Gasteiger partial charge in [0.15, 0.2) is 5.13 Å². The first-order chi connectivity index (χ1) is 12.8. The van der Waals surface area contributed by atoms with Crippen LogP contribution in [0.2, 0.25) is 0 Å². The number of hydrogen-bond acceptors (Lipinski definition) is 6.